The Morgan fingerprint density at radius 1 is 1.25 bits per heavy atom. The van der Waals surface area contributed by atoms with Crippen LogP contribution in [0.2, 0.25) is 0 Å². The quantitative estimate of drug-likeness (QED) is 0.751. The van der Waals surface area contributed by atoms with Gasteiger partial charge in [0.1, 0.15) is 6.04 Å². The van der Waals surface area contributed by atoms with E-state index in [1.807, 2.05) is 13.8 Å². The van der Waals surface area contributed by atoms with E-state index in [1.54, 1.807) is 24.3 Å². The van der Waals surface area contributed by atoms with E-state index < -0.39 is 12.0 Å². The van der Waals surface area contributed by atoms with E-state index in [1.165, 1.54) is 7.11 Å². The summed E-state index contributed by atoms with van der Waals surface area (Å²) in [6.07, 6.45) is 2.33. The number of ether oxygens (including phenoxy) is 1. The van der Waals surface area contributed by atoms with Gasteiger partial charge >= 0.3 is 5.97 Å². The first-order chi connectivity index (χ1) is 11.4. The fourth-order valence-electron chi connectivity index (χ4n) is 2.40. The van der Waals surface area contributed by atoms with Crippen molar-refractivity contribution in [3.8, 4) is 0 Å². The molecular formula is C18H24N2O4. The van der Waals surface area contributed by atoms with Crippen LogP contribution >= 0.6 is 0 Å². The molecule has 0 heterocycles. The first kappa shape index (κ1) is 18.0. The number of nitrogens with one attached hydrogen (secondary N) is 2. The topological polar surface area (TPSA) is 84.5 Å². The summed E-state index contributed by atoms with van der Waals surface area (Å²) in [6.45, 7) is 3.94. The second kappa shape index (κ2) is 7.95. The summed E-state index contributed by atoms with van der Waals surface area (Å²) < 4.78 is 4.75. The van der Waals surface area contributed by atoms with Gasteiger partial charge in [-0.1, -0.05) is 19.9 Å². The zero-order valence-electron chi connectivity index (χ0n) is 14.3. The lowest BCUT2D eigenvalue weighted by Gasteiger charge is -2.18. The average molecular weight is 332 g/mol. The van der Waals surface area contributed by atoms with Gasteiger partial charge in [-0.25, -0.2) is 4.79 Å². The molecule has 1 aliphatic rings. The summed E-state index contributed by atoms with van der Waals surface area (Å²) in [7, 11) is 1.30. The van der Waals surface area contributed by atoms with Crippen molar-refractivity contribution in [2.24, 2.45) is 11.8 Å². The minimum Gasteiger partial charge on any atom is -0.467 e. The van der Waals surface area contributed by atoms with Crippen LogP contribution in [0.15, 0.2) is 24.3 Å². The zero-order valence-corrected chi connectivity index (χ0v) is 14.3. The molecule has 6 heteroatoms. The number of methoxy groups -OCH3 is 1. The molecule has 1 aliphatic carbocycles. The monoisotopic (exact) mass is 332 g/mol. The van der Waals surface area contributed by atoms with Gasteiger partial charge in [0.25, 0.3) is 5.91 Å². The maximum Gasteiger partial charge on any atom is 0.328 e. The molecule has 24 heavy (non-hydrogen) atoms. The van der Waals surface area contributed by atoms with Crippen molar-refractivity contribution >= 4 is 23.5 Å². The molecule has 1 saturated carbocycles. The standard InChI is InChI=1S/C18H24N2O4/c1-11(2)9-15(18(23)24-3)20-17(22)13-5-4-6-14(10-13)19-16(21)12-7-8-12/h4-6,10-12,15H,7-9H2,1-3H3,(H,19,21)(H,20,22). The predicted molar refractivity (Wildman–Crippen MR) is 90.5 cm³/mol. The minimum atomic E-state index is -0.688. The fraction of sp³-hybridized carbons (Fsp3) is 0.500. The van der Waals surface area contributed by atoms with Gasteiger partial charge in [0.15, 0.2) is 0 Å². The minimum absolute atomic E-state index is 0.0141. The largest absolute Gasteiger partial charge is 0.467 e. The Hall–Kier alpha value is -2.37. The number of amides is 2. The normalized spacial score (nSPS) is 14.8. The third-order valence-electron chi connectivity index (χ3n) is 3.84. The lowest BCUT2D eigenvalue weighted by atomic mass is 10.0. The van der Waals surface area contributed by atoms with Gasteiger partial charge in [0, 0.05) is 17.2 Å². The molecule has 1 unspecified atom stereocenters. The molecule has 1 aromatic carbocycles. The van der Waals surface area contributed by atoms with Crippen LogP contribution in [0.5, 0.6) is 0 Å². The summed E-state index contributed by atoms with van der Waals surface area (Å²) in [4.78, 5) is 36.0. The maximum absolute atomic E-state index is 12.4. The average Bonchev–Trinajstić information content (AvgIpc) is 3.38. The van der Waals surface area contributed by atoms with E-state index in [0.29, 0.717) is 17.7 Å². The Labute approximate surface area is 142 Å². The second-order valence-electron chi connectivity index (χ2n) is 6.52. The van der Waals surface area contributed by atoms with Crippen molar-refractivity contribution in [1.82, 2.24) is 5.32 Å². The highest BCUT2D eigenvalue weighted by molar-refractivity contribution is 5.99. The summed E-state index contributed by atoms with van der Waals surface area (Å²) in [5.74, 6) is -0.514. The number of rotatable bonds is 7. The molecule has 130 valence electrons. The molecule has 2 rings (SSSR count). The van der Waals surface area contributed by atoms with Crippen LogP contribution in [0.25, 0.3) is 0 Å². The molecule has 6 nitrogen and oxygen atoms in total. The van der Waals surface area contributed by atoms with Gasteiger partial charge in [-0.05, 0) is 43.4 Å². The van der Waals surface area contributed by atoms with Gasteiger partial charge in [0.05, 0.1) is 7.11 Å². The van der Waals surface area contributed by atoms with Crippen molar-refractivity contribution in [2.45, 2.75) is 39.2 Å². The van der Waals surface area contributed by atoms with Crippen molar-refractivity contribution in [1.29, 1.82) is 0 Å². The molecule has 1 aromatic rings. The molecule has 0 radical (unpaired) electrons. The Bertz CT molecular complexity index is 623. The lowest BCUT2D eigenvalue weighted by Crippen LogP contribution is -2.42. The number of carbonyl (C=O) groups excluding carboxylic acids is 3. The molecule has 0 aliphatic heterocycles. The summed E-state index contributed by atoms with van der Waals surface area (Å²) >= 11 is 0. The van der Waals surface area contributed by atoms with Crippen LogP contribution in [0.1, 0.15) is 43.5 Å². The third-order valence-corrected chi connectivity index (χ3v) is 3.84. The van der Waals surface area contributed by atoms with Gasteiger partial charge in [0.2, 0.25) is 5.91 Å². The lowest BCUT2D eigenvalue weighted by molar-refractivity contribution is -0.143. The molecule has 0 aromatic heterocycles. The van der Waals surface area contributed by atoms with Gasteiger partial charge in [-0.15, -0.1) is 0 Å². The zero-order chi connectivity index (χ0) is 17.7. The third kappa shape index (κ3) is 5.08. The highest BCUT2D eigenvalue weighted by Gasteiger charge is 2.29. The SMILES string of the molecule is COC(=O)C(CC(C)C)NC(=O)c1cccc(NC(=O)C2CC2)c1. The number of hydrogen-bond donors (Lipinski definition) is 2. The molecule has 2 N–H and O–H groups in total. The number of esters is 1. The smallest absolute Gasteiger partial charge is 0.328 e. The van der Waals surface area contributed by atoms with Crippen LogP contribution in [0.4, 0.5) is 5.69 Å². The van der Waals surface area contributed by atoms with Gasteiger partial charge in [-0.3, -0.25) is 9.59 Å². The first-order valence-corrected chi connectivity index (χ1v) is 8.20. The Morgan fingerprint density at radius 2 is 1.96 bits per heavy atom. The van der Waals surface area contributed by atoms with Crippen LogP contribution in [-0.2, 0) is 14.3 Å². The Kier molecular flexibility index (Phi) is 5.95. The van der Waals surface area contributed by atoms with Gasteiger partial charge in [-0.2, -0.15) is 0 Å². The Balaban J connectivity index is 2.04. The van der Waals surface area contributed by atoms with Crippen molar-refractivity contribution in [2.75, 3.05) is 12.4 Å². The van der Waals surface area contributed by atoms with Crippen LogP contribution in [0, 0.1) is 11.8 Å². The van der Waals surface area contributed by atoms with E-state index in [0.717, 1.165) is 12.8 Å². The van der Waals surface area contributed by atoms with Gasteiger partial charge < -0.3 is 15.4 Å². The van der Waals surface area contributed by atoms with Crippen LogP contribution in [-0.4, -0.2) is 30.9 Å². The molecule has 2 amide bonds. The number of carbonyl (C=O) groups is 3. The second-order valence-corrected chi connectivity index (χ2v) is 6.52. The summed E-state index contributed by atoms with van der Waals surface area (Å²) in [6, 6.07) is 6.01. The fourth-order valence-corrected chi connectivity index (χ4v) is 2.40. The maximum atomic E-state index is 12.4. The first-order valence-electron chi connectivity index (χ1n) is 8.20. The molecule has 1 fully saturated rings. The van der Waals surface area contributed by atoms with Crippen LogP contribution in [0.3, 0.4) is 0 Å². The van der Waals surface area contributed by atoms with E-state index in [9.17, 15) is 14.4 Å². The summed E-state index contributed by atoms with van der Waals surface area (Å²) in [5.41, 5.74) is 0.972. The van der Waals surface area contributed by atoms with E-state index >= 15 is 0 Å². The highest BCUT2D eigenvalue weighted by atomic mass is 16.5. The van der Waals surface area contributed by atoms with E-state index in [4.69, 9.17) is 4.74 Å². The highest BCUT2D eigenvalue weighted by Crippen LogP contribution is 2.30. The van der Waals surface area contributed by atoms with Crippen molar-refractivity contribution in [3.05, 3.63) is 29.8 Å². The molecule has 0 spiro atoms. The van der Waals surface area contributed by atoms with Crippen LogP contribution < -0.4 is 10.6 Å². The molecule has 0 bridgehead atoms. The number of benzene rings is 1. The Morgan fingerprint density at radius 3 is 2.54 bits per heavy atom. The molecule has 1 atom stereocenters. The number of anilines is 1. The number of hydrogen-bond acceptors (Lipinski definition) is 4. The molecule has 0 saturated heterocycles. The van der Waals surface area contributed by atoms with E-state index in [2.05, 4.69) is 10.6 Å². The van der Waals surface area contributed by atoms with Crippen molar-refractivity contribution < 1.29 is 19.1 Å². The predicted octanol–water partition coefficient (Wildman–Crippen LogP) is 2.35. The van der Waals surface area contributed by atoms with Crippen molar-refractivity contribution in [3.63, 3.8) is 0 Å². The molecular weight excluding hydrogens is 308 g/mol. The summed E-state index contributed by atoms with van der Waals surface area (Å²) in [5, 5.41) is 5.51. The van der Waals surface area contributed by atoms with E-state index in [-0.39, 0.29) is 23.7 Å².